The number of hydrazone groups is 1. The first-order valence-corrected chi connectivity index (χ1v) is 8.80. The lowest BCUT2D eigenvalue weighted by atomic mass is 10.2. The molecule has 3 rings (SSSR count). The van der Waals surface area contributed by atoms with E-state index in [4.69, 9.17) is 4.74 Å². The van der Waals surface area contributed by atoms with E-state index >= 15 is 0 Å². The number of rotatable bonds is 6. The number of aromatic nitrogens is 2. The fourth-order valence-corrected chi connectivity index (χ4v) is 2.81. The quantitative estimate of drug-likeness (QED) is 0.479. The minimum atomic E-state index is -0.364. The molecule has 0 spiro atoms. The largest absolute Gasteiger partial charge is 0.489 e. The Morgan fingerprint density at radius 3 is 2.59 bits per heavy atom. The lowest BCUT2D eigenvalue weighted by Gasteiger charge is -2.06. The van der Waals surface area contributed by atoms with E-state index in [2.05, 4.69) is 31.6 Å². The van der Waals surface area contributed by atoms with Crippen molar-refractivity contribution < 1.29 is 13.9 Å². The summed E-state index contributed by atoms with van der Waals surface area (Å²) in [4.78, 5) is 12.1. The van der Waals surface area contributed by atoms with Crippen molar-refractivity contribution in [1.82, 2.24) is 15.2 Å². The molecule has 1 N–H and O–H groups in total. The van der Waals surface area contributed by atoms with Gasteiger partial charge in [0.15, 0.2) is 0 Å². The molecule has 0 bridgehead atoms. The van der Waals surface area contributed by atoms with Crippen LogP contribution in [0.25, 0.3) is 0 Å². The molecule has 0 aliphatic heterocycles. The van der Waals surface area contributed by atoms with Gasteiger partial charge < -0.3 is 4.74 Å². The van der Waals surface area contributed by atoms with Gasteiger partial charge in [0.25, 0.3) is 5.91 Å². The number of carbonyl (C=O) groups is 1. The predicted octanol–water partition coefficient (Wildman–Crippen LogP) is 3.66. The van der Waals surface area contributed by atoms with Crippen LogP contribution in [0.4, 0.5) is 4.39 Å². The van der Waals surface area contributed by atoms with Crippen LogP contribution in [0.3, 0.4) is 0 Å². The predicted molar refractivity (Wildman–Crippen MR) is 103 cm³/mol. The van der Waals surface area contributed by atoms with Gasteiger partial charge >= 0.3 is 0 Å². The van der Waals surface area contributed by atoms with E-state index in [1.54, 1.807) is 37.5 Å². The zero-order chi connectivity index (χ0) is 19.2. The summed E-state index contributed by atoms with van der Waals surface area (Å²) in [6.45, 7) is 0.351. The average Bonchev–Trinajstić information content (AvgIpc) is 3.00. The number of amides is 1. The number of ether oxygens (including phenoxy) is 1. The number of halogens is 2. The van der Waals surface area contributed by atoms with Crippen molar-refractivity contribution in [2.24, 2.45) is 12.1 Å². The van der Waals surface area contributed by atoms with Crippen molar-refractivity contribution in [3.8, 4) is 5.75 Å². The zero-order valence-electron chi connectivity index (χ0n) is 14.4. The van der Waals surface area contributed by atoms with E-state index in [9.17, 15) is 9.18 Å². The Labute approximate surface area is 163 Å². The molecule has 0 unspecified atom stereocenters. The first kappa shape index (κ1) is 18.8. The Bertz CT molecular complexity index is 933. The van der Waals surface area contributed by atoms with Gasteiger partial charge in [-0.15, -0.1) is 0 Å². The molecule has 0 atom stereocenters. The highest BCUT2D eigenvalue weighted by Gasteiger charge is 2.14. The van der Waals surface area contributed by atoms with Gasteiger partial charge in [-0.1, -0.05) is 12.1 Å². The minimum Gasteiger partial charge on any atom is -0.489 e. The number of nitrogens with zero attached hydrogens (tertiary/aromatic N) is 3. The monoisotopic (exact) mass is 430 g/mol. The molecule has 8 heteroatoms. The lowest BCUT2D eigenvalue weighted by Crippen LogP contribution is -2.21. The molecule has 0 aliphatic rings. The van der Waals surface area contributed by atoms with Gasteiger partial charge in [0.2, 0.25) is 0 Å². The summed E-state index contributed by atoms with van der Waals surface area (Å²) < 4.78 is 20.6. The fraction of sp³-hybridized carbons (Fsp3) is 0.105. The van der Waals surface area contributed by atoms with Gasteiger partial charge in [0.1, 0.15) is 23.9 Å². The van der Waals surface area contributed by atoms with Crippen LogP contribution in [0.2, 0.25) is 0 Å². The third kappa shape index (κ3) is 5.01. The third-order valence-electron chi connectivity index (χ3n) is 3.69. The van der Waals surface area contributed by atoms with Crippen molar-refractivity contribution in [1.29, 1.82) is 0 Å². The highest BCUT2D eigenvalue weighted by Crippen LogP contribution is 2.15. The summed E-state index contributed by atoms with van der Waals surface area (Å²) in [5, 5.41) is 7.93. The molecule has 1 heterocycles. The Hall–Kier alpha value is -3.00. The van der Waals surface area contributed by atoms with E-state index in [1.165, 1.54) is 23.0 Å². The fourth-order valence-electron chi connectivity index (χ4n) is 2.28. The summed E-state index contributed by atoms with van der Waals surface area (Å²) in [6, 6.07) is 13.4. The van der Waals surface area contributed by atoms with E-state index < -0.39 is 0 Å². The maximum atomic E-state index is 12.9. The van der Waals surface area contributed by atoms with Crippen LogP contribution in [0.15, 0.2) is 64.3 Å². The molecule has 0 radical (unpaired) electrons. The zero-order valence-corrected chi connectivity index (χ0v) is 16.0. The molecule has 2 aromatic carbocycles. The molecule has 1 aromatic heterocycles. The van der Waals surface area contributed by atoms with Crippen LogP contribution >= 0.6 is 15.9 Å². The van der Waals surface area contributed by atoms with Gasteiger partial charge in [-0.2, -0.15) is 10.2 Å². The Morgan fingerprint density at radius 2 is 1.96 bits per heavy atom. The van der Waals surface area contributed by atoms with Crippen molar-refractivity contribution >= 4 is 28.1 Å². The van der Waals surface area contributed by atoms with Gasteiger partial charge in [-0.05, 0) is 63.5 Å². The second-order valence-electron chi connectivity index (χ2n) is 5.65. The van der Waals surface area contributed by atoms with Gasteiger partial charge in [0, 0.05) is 7.05 Å². The number of aryl methyl sites for hydroxylation is 1. The molecule has 0 aliphatic carbocycles. The van der Waals surface area contributed by atoms with Gasteiger partial charge in [0.05, 0.1) is 16.9 Å². The second kappa shape index (κ2) is 8.59. The molecule has 1 amide bonds. The van der Waals surface area contributed by atoms with Gasteiger partial charge in [-0.25, -0.2) is 9.82 Å². The number of hydrogen-bond donors (Lipinski definition) is 1. The highest BCUT2D eigenvalue weighted by atomic mass is 79.9. The van der Waals surface area contributed by atoms with E-state index in [1.807, 2.05) is 12.1 Å². The molecule has 0 saturated heterocycles. The van der Waals surface area contributed by atoms with Gasteiger partial charge in [-0.3, -0.25) is 9.48 Å². The minimum absolute atomic E-state index is 0.273. The summed E-state index contributed by atoms with van der Waals surface area (Å²) >= 11 is 3.27. The Kier molecular flexibility index (Phi) is 5.97. The van der Waals surface area contributed by atoms with Crippen LogP contribution in [0, 0.1) is 5.82 Å². The maximum Gasteiger partial charge on any atom is 0.290 e. The Morgan fingerprint density at radius 1 is 1.26 bits per heavy atom. The summed E-state index contributed by atoms with van der Waals surface area (Å²) in [5.41, 5.74) is 4.52. The van der Waals surface area contributed by atoms with Crippen LogP contribution < -0.4 is 10.2 Å². The summed E-state index contributed by atoms with van der Waals surface area (Å²) in [7, 11) is 1.67. The van der Waals surface area contributed by atoms with Crippen molar-refractivity contribution in [3.05, 3.63) is 81.8 Å². The molecule has 0 saturated carbocycles. The molecular weight excluding hydrogens is 415 g/mol. The molecule has 27 heavy (non-hydrogen) atoms. The first-order valence-electron chi connectivity index (χ1n) is 8.01. The molecule has 3 aromatic rings. The van der Waals surface area contributed by atoms with Crippen LogP contribution in [-0.4, -0.2) is 21.9 Å². The number of carbonyl (C=O) groups excluding carboxylic acids is 1. The smallest absolute Gasteiger partial charge is 0.290 e. The second-order valence-corrected chi connectivity index (χ2v) is 6.50. The molecular formula is C19H16BrFN4O2. The normalized spacial score (nSPS) is 10.9. The highest BCUT2D eigenvalue weighted by molar-refractivity contribution is 9.10. The van der Waals surface area contributed by atoms with E-state index in [-0.39, 0.29) is 11.7 Å². The standard InChI is InChI=1S/C19H16BrFN4O2/c1-25-18(17(20)11-23-25)19(26)24-22-10-13-4-8-16(9-5-13)27-12-14-2-6-15(21)7-3-14/h2-11H,12H2,1H3,(H,24,26)/b22-10+. The Balaban J connectivity index is 1.53. The van der Waals surface area contributed by atoms with Crippen molar-refractivity contribution in [3.63, 3.8) is 0 Å². The van der Waals surface area contributed by atoms with E-state index in [0.717, 1.165) is 11.1 Å². The SMILES string of the molecule is Cn1ncc(Br)c1C(=O)N/N=C/c1ccc(OCc2ccc(F)cc2)cc1. The van der Waals surface area contributed by atoms with E-state index in [0.29, 0.717) is 22.5 Å². The van der Waals surface area contributed by atoms with Crippen LogP contribution in [0.1, 0.15) is 21.6 Å². The average molecular weight is 431 g/mol. The number of benzene rings is 2. The van der Waals surface area contributed by atoms with Crippen molar-refractivity contribution in [2.75, 3.05) is 0 Å². The summed E-state index contributed by atoms with van der Waals surface area (Å²) in [5.74, 6) is 0.0435. The topological polar surface area (TPSA) is 68.5 Å². The maximum absolute atomic E-state index is 12.9. The molecule has 0 fully saturated rings. The third-order valence-corrected chi connectivity index (χ3v) is 4.27. The van der Waals surface area contributed by atoms with Crippen LogP contribution in [0.5, 0.6) is 5.75 Å². The number of nitrogens with one attached hydrogen (secondary N) is 1. The van der Waals surface area contributed by atoms with Crippen LogP contribution in [-0.2, 0) is 13.7 Å². The summed E-state index contributed by atoms with van der Waals surface area (Å²) in [6.07, 6.45) is 3.08. The number of hydrogen-bond acceptors (Lipinski definition) is 4. The molecule has 6 nitrogen and oxygen atoms in total. The first-order chi connectivity index (χ1) is 13.0. The van der Waals surface area contributed by atoms with Crippen molar-refractivity contribution in [2.45, 2.75) is 6.61 Å². The molecule has 138 valence electrons. The lowest BCUT2D eigenvalue weighted by molar-refractivity contribution is 0.0945.